The minimum atomic E-state index is -0.103. The highest BCUT2D eigenvalue weighted by Gasteiger charge is 2.48. The van der Waals surface area contributed by atoms with Crippen LogP contribution >= 0.6 is 11.8 Å². The molecule has 18 rings (SSSR count). The third-order valence-electron chi connectivity index (χ3n) is 18.3. The van der Waals surface area contributed by atoms with Gasteiger partial charge in [0, 0.05) is 94.5 Å². The molecule has 0 unspecified atom stereocenters. The topological polar surface area (TPSA) is 16.2 Å². The summed E-state index contributed by atoms with van der Waals surface area (Å²) < 4.78 is 0. The first-order valence-electron chi connectivity index (χ1n) is 30.3. The highest BCUT2D eigenvalue weighted by Crippen LogP contribution is 2.52. The van der Waals surface area contributed by atoms with Crippen LogP contribution in [0.5, 0.6) is 0 Å². The monoisotopic (exact) mass is 1140 g/mol. The van der Waals surface area contributed by atoms with Gasteiger partial charge < -0.3 is 24.5 Å². The van der Waals surface area contributed by atoms with Gasteiger partial charge in [0.1, 0.15) is 0 Å². The highest BCUT2D eigenvalue weighted by molar-refractivity contribution is 8.00. The second-order valence-corrected chi connectivity index (χ2v) is 24.3. The Hall–Kier alpha value is -10.9. The molecular formula is C80H53B2N5S. The Balaban J connectivity index is 0.903. The van der Waals surface area contributed by atoms with Crippen LogP contribution in [0.25, 0.3) is 21.5 Å². The lowest BCUT2D eigenvalue weighted by Crippen LogP contribution is -2.64. The van der Waals surface area contributed by atoms with Crippen molar-refractivity contribution in [1.82, 2.24) is 0 Å². The Morgan fingerprint density at radius 1 is 0.250 bits per heavy atom. The van der Waals surface area contributed by atoms with Crippen molar-refractivity contribution in [3.8, 4) is 0 Å². The predicted molar refractivity (Wildman–Crippen MR) is 375 cm³/mol. The van der Waals surface area contributed by atoms with Gasteiger partial charge >= 0.3 is 0 Å². The fourth-order valence-corrected chi connectivity index (χ4v) is 16.0. The molecule has 0 atom stereocenters. The maximum absolute atomic E-state index is 2.64. The lowest BCUT2D eigenvalue weighted by atomic mass is 9.31. The summed E-state index contributed by atoms with van der Waals surface area (Å²) in [6.45, 7) is -0.164. The van der Waals surface area contributed by atoms with Crippen molar-refractivity contribution in [2.24, 2.45) is 0 Å². The largest absolute Gasteiger partial charge is 0.311 e. The zero-order valence-electron chi connectivity index (χ0n) is 47.9. The molecular weight excluding hydrogens is 1080 g/mol. The van der Waals surface area contributed by atoms with Crippen LogP contribution in [-0.4, -0.2) is 13.4 Å². The lowest BCUT2D eigenvalue weighted by molar-refractivity contribution is 1.25. The molecule has 0 fully saturated rings. The fourth-order valence-electron chi connectivity index (χ4n) is 14.7. The summed E-state index contributed by atoms with van der Waals surface area (Å²) in [7, 11) is 0. The van der Waals surface area contributed by atoms with Crippen LogP contribution in [0.2, 0.25) is 0 Å². The minimum Gasteiger partial charge on any atom is -0.311 e. The van der Waals surface area contributed by atoms with E-state index in [2.05, 4.69) is 346 Å². The third kappa shape index (κ3) is 7.85. The average Bonchev–Trinajstić information content (AvgIpc) is 0.772. The minimum absolute atomic E-state index is 0.0604. The van der Waals surface area contributed by atoms with Crippen molar-refractivity contribution in [2.75, 3.05) is 24.5 Å². The molecule has 4 heterocycles. The molecule has 14 aromatic rings. The van der Waals surface area contributed by atoms with Crippen LogP contribution < -0.4 is 57.3 Å². The molecule has 0 aromatic heterocycles. The van der Waals surface area contributed by atoms with E-state index in [-0.39, 0.29) is 13.4 Å². The van der Waals surface area contributed by atoms with E-state index < -0.39 is 0 Å². The smallest absolute Gasteiger partial charge is 0.252 e. The van der Waals surface area contributed by atoms with Gasteiger partial charge in [-0.3, -0.25) is 0 Å². The van der Waals surface area contributed by atoms with Crippen molar-refractivity contribution >= 4 is 165 Å². The van der Waals surface area contributed by atoms with Crippen LogP contribution in [0, 0.1) is 0 Å². The average molecular weight is 1140 g/mol. The van der Waals surface area contributed by atoms with E-state index in [9.17, 15) is 0 Å². The van der Waals surface area contributed by atoms with Crippen molar-refractivity contribution in [2.45, 2.75) is 9.79 Å². The normalized spacial score (nSPS) is 13.1. The summed E-state index contributed by atoms with van der Waals surface area (Å²) in [4.78, 5) is 15.0. The highest BCUT2D eigenvalue weighted by atomic mass is 32.2. The maximum atomic E-state index is 2.64. The van der Waals surface area contributed by atoms with E-state index in [0.717, 1.165) is 56.6 Å². The molecule has 0 saturated carbocycles. The fraction of sp³-hybridized carbons (Fsp3) is 0. The number of nitrogens with zero attached hydrogens (tertiary/aromatic N) is 5. The van der Waals surface area contributed by atoms with Gasteiger partial charge in [-0.15, -0.1) is 0 Å². The van der Waals surface area contributed by atoms with E-state index in [1.54, 1.807) is 0 Å². The number of benzene rings is 14. The SMILES string of the molecule is c1ccc(N(c2ccccc2)c2ccc3c4c5c(cc3c2)Sc2cc3c(cc2B5c2ccccc2N4c2ccccc2)B2c4ccccc4N(c4ccccc4)c4c2c(cc2cc(N(c5ccccc5)c5ccccc5)ccc42)N3c2ccccc2)cc1. The van der Waals surface area contributed by atoms with Crippen molar-refractivity contribution in [3.63, 3.8) is 0 Å². The zero-order chi connectivity index (χ0) is 57.8. The molecule has 410 valence electrons. The van der Waals surface area contributed by atoms with Gasteiger partial charge in [-0.05, 0) is 178 Å². The maximum Gasteiger partial charge on any atom is 0.252 e. The second kappa shape index (κ2) is 20.4. The second-order valence-electron chi connectivity index (χ2n) is 23.2. The third-order valence-corrected chi connectivity index (χ3v) is 19.4. The summed E-state index contributed by atoms with van der Waals surface area (Å²) in [5.74, 6) is 0. The molecule has 0 amide bonds. The Morgan fingerprint density at radius 2 is 0.636 bits per heavy atom. The van der Waals surface area contributed by atoms with Crippen molar-refractivity contribution < 1.29 is 0 Å². The molecule has 14 aromatic carbocycles. The summed E-state index contributed by atoms with van der Waals surface area (Å²) >= 11 is 1.93. The van der Waals surface area contributed by atoms with Crippen molar-refractivity contribution in [3.05, 3.63) is 322 Å². The predicted octanol–water partition coefficient (Wildman–Crippen LogP) is 17.8. The van der Waals surface area contributed by atoms with Crippen molar-refractivity contribution in [1.29, 1.82) is 0 Å². The van der Waals surface area contributed by atoms with Crippen LogP contribution in [0.4, 0.5) is 85.3 Å². The summed E-state index contributed by atoms with van der Waals surface area (Å²) in [5, 5.41) is 4.76. The van der Waals surface area contributed by atoms with Gasteiger partial charge in [-0.25, -0.2) is 0 Å². The quantitative estimate of drug-likeness (QED) is 0.133. The number of rotatable bonds is 9. The van der Waals surface area contributed by atoms with Crippen LogP contribution in [0.1, 0.15) is 0 Å². The number of anilines is 15. The molecule has 4 aliphatic rings. The molecule has 0 spiro atoms. The summed E-state index contributed by atoms with van der Waals surface area (Å²) in [6.07, 6.45) is 0. The van der Waals surface area contributed by atoms with Gasteiger partial charge in [-0.1, -0.05) is 199 Å². The number of hydrogen-bond acceptors (Lipinski definition) is 6. The van der Waals surface area contributed by atoms with Crippen LogP contribution in [-0.2, 0) is 0 Å². The Morgan fingerprint density at radius 3 is 1.10 bits per heavy atom. The standard InChI is InChI=1S/C80H53B2N5S/c1-8-26-56(27-9-1)83(57-28-10-2-11-29-57)63-44-46-65-54(48-63)50-74-77-79(65)86(61-36-18-6-19-37-61)71-42-24-22-40-67(71)81(77)69-52-70-75(53-73(69)85(74)60-34-16-5-17-35-60)88-76-51-55-49-64(84(58-30-12-3-13-31-58)59-32-14-4-15-33-59)45-47-66(55)80-78(76)82(70)68-41-23-25-43-72(68)87(80)62-38-20-7-21-39-62/h1-53H. The Labute approximate surface area is 517 Å². The molecule has 0 N–H and O–H groups in total. The molecule has 8 heteroatoms. The lowest BCUT2D eigenvalue weighted by Gasteiger charge is -2.46. The van der Waals surface area contributed by atoms with Crippen LogP contribution in [0.3, 0.4) is 0 Å². The molecule has 88 heavy (non-hydrogen) atoms. The molecule has 0 radical (unpaired) electrons. The van der Waals surface area contributed by atoms with Gasteiger partial charge in [0.05, 0.1) is 11.4 Å². The van der Waals surface area contributed by atoms with Gasteiger partial charge in [0.15, 0.2) is 0 Å². The zero-order valence-corrected chi connectivity index (χ0v) is 48.7. The number of para-hydroxylation sites is 9. The first-order chi connectivity index (χ1) is 43.7. The molecule has 4 aliphatic heterocycles. The van der Waals surface area contributed by atoms with E-state index in [0.29, 0.717) is 0 Å². The molecule has 0 aliphatic carbocycles. The Bertz CT molecular complexity index is 4960. The summed E-state index contributed by atoms with van der Waals surface area (Å²) in [5.41, 5.74) is 25.1. The van der Waals surface area contributed by atoms with Gasteiger partial charge in [0.25, 0.3) is 6.71 Å². The Kier molecular flexibility index (Phi) is 11.7. The van der Waals surface area contributed by atoms with E-state index in [1.807, 2.05) is 11.8 Å². The molecule has 0 bridgehead atoms. The van der Waals surface area contributed by atoms with Crippen LogP contribution in [0.15, 0.2) is 331 Å². The first kappa shape index (κ1) is 50.4. The number of hydrogen-bond donors (Lipinski definition) is 0. The van der Waals surface area contributed by atoms with E-state index in [4.69, 9.17) is 0 Å². The van der Waals surface area contributed by atoms with Gasteiger partial charge in [-0.2, -0.15) is 0 Å². The van der Waals surface area contributed by atoms with E-state index in [1.165, 1.54) is 92.9 Å². The first-order valence-corrected chi connectivity index (χ1v) is 31.1. The van der Waals surface area contributed by atoms with Gasteiger partial charge in [0.2, 0.25) is 6.71 Å². The van der Waals surface area contributed by atoms with E-state index >= 15 is 0 Å². The molecule has 5 nitrogen and oxygen atoms in total. The molecule has 0 saturated heterocycles. The summed E-state index contributed by atoms with van der Waals surface area (Å²) in [6, 6.07) is 119. The number of fused-ring (bicyclic) bond motifs is 12.